The molecule has 0 bridgehead atoms. The summed E-state index contributed by atoms with van der Waals surface area (Å²) in [6.07, 6.45) is 1.61. The van der Waals surface area contributed by atoms with E-state index in [0.717, 1.165) is 23.1 Å². The van der Waals surface area contributed by atoms with Crippen molar-refractivity contribution in [1.29, 1.82) is 0 Å². The number of urea groups is 1. The van der Waals surface area contributed by atoms with Gasteiger partial charge in [0.2, 0.25) is 5.91 Å². The number of nitrogens with one attached hydrogen (secondary N) is 1. The second kappa shape index (κ2) is 8.53. The van der Waals surface area contributed by atoms with Crippen LogP contribution in [0.25, 0.3) is 0 Å². The summed E-state index contributed by atoms with van der Waals surface area (Å²) < 4.78 is 0. The number of hydrogen-bond donors (Lipinski definition) is 1. The van der Waals surface area contributed by atoms with Gasteiger partial charge >= 0.3 is 6.03 Å². The second-order valence-electron chi connectivity index (χ2n) is 8.59. The van der Waals surface area contributed by atoms with Gasteiger partial charge in [0.15, 0.2) is 0 Å². The topological polar surface area (TPSA) is 69.7 Å². The summed E-state index contributed by atoms with van der Waals surface area (Å²) in [5.74, 6) is -0.265. The van der Waals surface area contributed by atoms with Crippen molar-refractivity contribution in [1.82, 2.24) is 15.1 Å². The first-order valence-corrected chi connectivity index (χ1v) is 11.0. The fraction of sp³-hybridized carbons (Fsp3) is 0.400. The Morgan fingerprint density at radius 3 is 2.29 bits per heavy atom. The zero-order valence-electron chi connectivity index (χ0n) is 18.1. The van der Waals surface area contributed by atoms with Crippen LogP contribution < -0.4 is 5.32 Å². The molecule has 0 aliphatic carbocycles. The van der Waals surface area contributed by atoms with Crippen molar-refractivity contribution >= 4 is 17.8 Å². The molecule has 2 heterocycles. The standard InChI is InChI=1S/C25H29N3O3/c1-3-21(20-7-5-4-6-8-20)22(29)27-15-13-25(14-16-27)23(30)28(24(31)26-25)17-19-11-9-18(2)10-12-19/h4-12,21H,3,13-17H2,1-2H3,(H,26,31)/t21-/m1/s1. The van der Waals surface area contributed by atoms with E-state index in [4.69, 9.17) is 0 Å². The van der Waals surface area contributed by atoms with Crippen LogP contribution >= 0.6 is 0 Å². The lowest BCUT2D eigenvalue weighted by Gasteiger charge is -2.38. The minimum Gasteiger partial charge on any atom is -0.342 e. The minimum atomic E-state index is -0.896. The number of carbonyl (C=O) groups excluding carboxylic acids is 3. The van der Waals surface area contributed by atoms with E-state index in [1.165, 1.54) is 4.90 Å². The number of carbonyl (C=O) groups is 3. The third kappa shape index (κ3) is 4.07. The summed E-state index contributed by atoms with van der Waals surface area (Å²) in [5.41, 5.74) is 2.18. The fourth-order valence-electron chi connectivity index (χ4n) is 4.60. The maximum Gasteiger partial charge on any atom is 0.325 e. The van der Waals surface area contributed by atoms with Gasteiger partial charge in [-0.05, 0) is 37.3 Å². The van der Waals surface area contributed by atoms with E-state index in [1.54, 1.807) is 0 Å². The predicted octanol–water partition coefficient (Wildman–Crippen LogP) is 3.60. The predicted molar refractivity (Wildman–Crippen MR) is 118 cm³/mol. The van der Waals surface area contributed by atoms with Gasteiger partial charge in [0, 0.05) is 13.1 Å². The average molecular weight is 420 g/mol. The molecule has 162 valence electrons. The van der Waals surface area contributed by atoms with Crippen molar-refractivity contribution in [2.75, 3.05) is 13.1 Å². The van der Waals surface area contributed by atoms with Crippen LogP contribution in [-0.4, -0.2) is 46.3 Å². The molecule has 1 N–H and O–H groups in total. The number of hydrogen-bond acceptors (Lipinski definition) is 3. The molecule has 2 aromatic carbocycles. The molecule has 0 radical (unpaired) electrons. The highest BCUT2D eigenvalue weighted by Crippen LogP contribution is 2.32. The van der Waals surface area contributed by atoms with Crippen molar-refractivity contribution in [2.45, 2.75) is 51.1 Å². The van der Waals surface area contributed by atoms with Gasteiger partial charge in [-0.1, -0.05) is 67.1 Å². The van der Waals surface area contributed by atoms with Crippen LogP contribution in [0.4, 0.5) is 4.79 Å². The summed E-state index contributed by atoms with van der Waals surface area (Å²) >= 11 is 0. The Hall–Kier alpha value is -3.15. The van der Waals surface area contributed by atoms with Gasteiger partial charge in [0.25, 0.3) is 5.91 Å². The summed E-state index contributed by atoms with van der Waals surface area (Å²) in [5, 5.41) is 2.93. The van der Waals surface area contributed by atoms with Crippen LogP contribution in [0.1, 0.15) is 48.8 Å². The van der Waals surface area contributed by atoms with Crippen molar-refractivity contribution in [3.8, 4) is 0 Å². The summed E-state index contributed by atoms with van der Waals surface area (Å²) in [6, 6.07) is 17.3. The molecule has 2 aliphatic rings. The lowest BCUT2D eigenvalue weighted by molar-refractivity contribution is -0.139. The third-order valence-corrected chi connectivity index (χ3v) is 6.54. The van der Waals surface area contributed by atoms with Gasteiger partial charge in [-0.2, -0.15) is 0 Å². The Balaban J connectivity index is 1.42. The molecule has 31 heavy (non-hydrogen) atoms. The van der Waals surface area contributed by atoms with E-state index in [1.807, 2.05) is 73.3 Å². The summed E-state index contributed by atoms with van der Waals surface area (Å²) in [6.45, 7) is 5.22. The molecule has 4 amide bonds. The SMILES string of the molecule is CC[C@@H](C(=O)N1CCC2(CC1)NC(=O)N(Cc1ccc(C)cc1)C2=O)c1ccccc1. The molecule has 0 saturated carbocycles. The van der Waals surface area contributed by atoms with Crippen LogP contribution in [0.3, 0.4) is 0 Å². The van der Waals surface area contributed by atoms with Gasteiger partial charge in [0.05, 0.1) is 12.5 Å². The molecule has 0 unspecified atom stereocenters. The van der Waals surface area contributed by atoms with Crippen LogP contribution in [0.15, 0.2) is 54.6 Å². The smallest absolute Gasteiger partial charge is 0.325 e. The quantitative estimate of drug-likeness (QED) is 0.753. The first kappa shape index (κ1) is 21.1. The first-order chi connectivity index (χ1) is 14.9. The van der Waals surface area contributed by atoms with Gasteiger partial charge in [0.1, 0.15) is 5.54 Å². The Kier molecular flexibility index (Phi) is 5.81. The third-order valence-electron chi connectivity index (χ3n) is 6.54. The molecule has 6 nitrogen and oxygen atoms in total. The zero-order valence-corrected chi connectivity index (χ0v) is 18.1. The number of nitrogens with zero attached hydrogens (tertiary/aromatic N) is 2. The van der Waals surface area contributed by atoms with Gasteiger partial charge in [-0.25, -0.2) is 4.79 Å². The van der Waals surface area contributed by atoms with Crippen molar-refractivity contribution < 1.29 is 14.4 Å². The Morgan fingerprint density at radius 1 is 1.03 bits per heavy atom. The van der Waals surface area contributed by atoms with Crippen LogP contribution in [0.2, 0.25) is 0 Å². The highest BCUT2D eigenvalue weighted by Gasteiger charge is 2.52. The van der Waals surface area contributed by atoms with Crippen molar-refractivity contribution in [3.05, 3.63) is 71.3 Å². The van der Waals surface area contributed by atoms with E-state index in [0.29, 0.717) is 25.9 Å². The van der Waals surface area contributed by atoms with Crippen LogP contribution in [-0.2, 0) is 16.1 Å². The van der Waals surface area contributed by atoms with E-state index in [9.17, 15) is 14.4 Å². The van der Waals surface area contributed by atoms with E-state index < -0.39 is 5.54 Å². The molecule has 2 fully saturated rings. The molecule has 0 aromatic heterocycles. The Labute approximate surface area is 183 Å². The lowest BCUT2D eigenvalue weighted by Crippen LogP contribution is -2.56. The fourth-order valence-corrected chi connectivity index (χ4v) is 4.60. The van der Waals surface area contributed by atoms with Gasteiger partial charge in [-0.15, -0.1) is 0 Å². The first-order valence-electron chi connectivity index (χ1n) is 11.0. The lowest BCUT2D eigenvalue weighted by atomic mass is 9.86. The molecule has 2 aliphatic heterocycles. The Bertz CT molecular complexity index is 963. The second-order valence-corrected chi connectivity index (χ2v) is 8.59. The van der Waals surface area contributed by atoms with Gasteiger partial charge in [-0.3, -0.25) is 14.5 Å². The highest BCUT2D eigenvalue weighted by molar-refractivity contribution is 6.07. The van der Waals surface area contributed by atoms with E-state index in [-0.39, 0.29) is 30.3 Å². The van der Waals surface area contributed by atoms with Crippen LogP contribution in [0, 0.1) is 6.92 Å². The number of imide groups is 1. The van der Waals surface area contributed by atoms with Crippen LogP contribution in [0.5, 0.6) is 0 Å². The largest absolute Gasteiger partial charge is 0.342 e. The minimum absolute atomic E-state index is 0.0943. The average Bonchev–Trinajstić information content (AvgIpc) is 3.01. The molecule has 6 heteroatoms. The van der Waals surface area contributed by atoms with Crippen molar-refractivity contribution in [2.24, 2.45) is 0 Å². The maximum absolute atomic E-state index is 13.2. The highest BCUT2D eigenvalue weighted by atomic mass is 16.2. The number of amides is 4. The summed E-state index contributed by atoms with van der Waals surface area (Å²) in [7, 11) is 0. The number of benzene rings is 2. The van der Waals surface area contributed by atoms with Crippen molar-refractivity contribution in [3.63, 3.8) is 0 Å². The molecular formula is C25H29N3O3. The molecule has 1 atom stereocenters. The van der Waals surface area contributed by atoms with E-state index in [2.05, 4.69) is 5.32 Å². The monoisotopic (exact) mass is 419 g/mol. The molecule has 2 saturated heterocycles. The molecule has 1 spiro atoms. The molecule has 4 rings (SSSR count). The Morgan fingerprint density at radius 2 is 1.68 bits per heavy atom. The number of piperidine rings is 1. The summed E-state index contributed by atoms with van der Waals surface area (Å²) in [4.78, 5) is 42.1. The normalized spacial score (nSPS) is 18.9. The maximum atomic E-state index is 13.2. The number of likely N-dealkylation sites (tertiary alicyclic amines) is 1. The van der Waals surface area contributed by atoms with E-state index >= 15 is 0 Å². The zero-order chi connectivity index (χ0) is 22.0. The number of aryl methyl sites for hydroxylation is 1. The molecule has 2 aromatic rings. The van der Waals surface area contributed by atoms with Gasteiger partial charge < -0.3 is 10.2 Å². The molecular weight excluding hydrogens is 390 g/mol. The number of rotatable bonds is 5.